The van der Waals surface area contributed by atoms with E-state index in [1.165, 1.54) is 19.2 Å². The van der Waals surface area contributed by atoms with Crippen molar-refractivity contribution in [2.75, 3.05) is 12.0 Å². The average Bonchev–Trinajstić information content (AvgIpc) is 3.43. The second-order valence-corrected chi connectivity index (χ2v) is 10.4. The second-order valence-electron chi connectivity index (χ2n) is 10.4. The molecule has 0 saturated carbocycles. The lowest BCUT2D eigenvalue weighted by Crippen LogP contribution is -2.48. The van der Waals surface area contributed by atoms with E-state index in [1.807, 2.05) is 41.3 Å². The number of carbonyl (C=O) groups excluding carboxylic acids is 3. The van der Waals surface area contributed by atoms with E-state index in [4.69, 9.17) is 4.74 Å². The van der Waals surface area contributed by atoms with Crippen molar-refractivity contribution < 1.29 is 23.5 Å². The van der Waals surface area contributed by atoms with Crippen molar-refractivity contribution in [3.63, 3.8) is 0 Å². The van der Waals surface area contributed by atoms with E-state index in [-0.39, 0.29) is 17.3 Å². The molecule has 0 unspecified atom stereocenters. The van der Waals surface area contributed by atoms with Crippen LogP contribution in [0.15, 0.2) is 103 Å². The van der Waals surface area contributed by atoms with Gasteiger partial charge in [-0.2, -0.15) is 0 Å². The van der Waals surface area contributed by atoms with Crippen LogP contribution in [0.1, 0.15) is 48.1 Å². The predicted molar refractivity (Wildman–Crippen MR) is 150 cm³/mol. The maximum absolute atomic E-state index is 14.6. The summed E-state index contributed by atoms with van der Waals surface area (Å²) in [4.78, 5) is 45.7. The Balaban J connectivity index is 1.54. The minimum absolute atomic E-state index is 0.253. The van der Waals surface area contributed by atoms with Gasteiger partial charge in [-0.1, -0.05) is 78.9 Å². The summed E-state index contributed by atoms with van der Waals surface area (Å²) in [7, 11) is 1.53. The van der Waals surface area contributed by atoms with Crippen LogP contribution in [0, 0.1) is 11.2 Å². The molecule has 6 heteroatoms. The van der Waals surface area contributed by atoms with E-state index in [2.05, 4.69) is 0 Å². The summed E-state index contributed by atoms with van der Waals surface area (Å²) in [5.74, 6) is -1.70. The van der Waals surface area contributed by atoms with Gasteiger partial charge < -0.3 is 9.64 Å². The van der Waals surface area contributed by atoms with Gasteiger partial charge in [0.25, 0.3) is 0 Å². The molecule has 1 saturated heterocycles. The quantitative estimate of drug-likeness (QED) is 0.234. The standard InChI is InChI=1S/C34H24FNO4/c1-40-24-9-6-8-22(19-24)31(37)30-29(21-13-16-23(35)17-14-21)34(32(38)25-10-3-4-11-26(25)33(34)39)28-18-15-20-7-2-5-12-27(20)36(28)30/h2-19,28-30H,1H3/t28-,29+,30-/m0/s1. The summed E-state index contributed by atoms with van der Waals surface area (Å²) in [5.41, 5.74) is 1.67. The number of ether oxygens (including phenoxy) is 1. The summed E-state index contributed by atoms with van der Waals surface area (Å²) in [6.45, 7) is 0. The zero-order chi connectivity index (χ0) is 27.6. The number of ketones is 3. The fourth-order valence-corrected chi connectivity index (χ4v) is 6.91. The molecule has 0 N–H and O–H groups in total. The van der Waals surface area contributed by atoms with E-state index in [0.29, 0.717) is 28.0 Å². The molecule has 1 spiro atoms. The van der Waals surface area contributed by atoms with Crippen molar-refractivity contribution in [2.24, 2.45) is 5.41 Å². The molecule has 5 nitrogen and oxygen atoms in total. The van der Waals surface area contributed by atoms with Crippen molar-refractivity contribution in [2.45, 2.75) is 18.0 Å². The van der Waals surface area contributed by atoms with Crippen LogP contribution in [0.25, 0.3) is 6.08 Å². The number of para-hydroxylation sites is 1. The number of hydrogen-bond donors (Lipinski definition) is 0. The van der Waals surface area contributed by atoms with Gasteiger partial charge in [-0.05, 0) is 41.5 Å². The lowest BCUT2D eigenvalue weighted by molar-refractivity contribution is 0.0666. The Kier molecular flexibility index (Phi) is 5.36. The van der Waals surface area contributed by atoms with Crippen LogP contribution >= 0.6 is 0 Å². The van der Waals surface area contributed by atoms with Crippen molar-refractivity contribution >= 4 is 29.1 Å². The minimum atomic E-state index is -1.62. The largest absolute Gasteiger partial charge is 0.497 e. The van der Waals surface area contributed by atoms with Crippen molar-refractivity contribution in [1.82, 2.24) is 0 Å². The number of fused-ring (bicyclic) bond motifs is 5. The third-order valence-electron chi connectivity index (χ3n) is 8.56. The van der Waals surface area contributed by atoms with Gasteiger partial charge in [0.2, 0.25) is 0 Å². The monoisotopic (exact) mass is 529 g/mol. The molecule has 0 radical (unpaired) electrons. The summed E-state index contributed by atoms with van der Waals surface area (Å²) >= 11 is 0. The van der Waals surface area contributed by atoms with Gasteiger partial charge in [0.05, 0.1) is 13.2 Å². The maximum atomic E-state index is 14.6. The first-order chi connectivity index (χ1) is 19.5. The summed E-state index contributed by atoms with van der Waals surface area (Å²) < 4.78 is 19.6. The van der Waals surface area contributed by atoms with Gasteiger partial charge in [-0.15, -0.1) is 0 Å². The molecule has 0 aromatic heterocycles. The van der Waals surface area contributed by atoms with Crippen LogP contribution in [-0.4, -0.2) is 36.5 Å². The van der Waals surface area contributed by atoms with Crippen LogP contribution < -0.4 is 9.64 Å². The van der Waals surface area contributed by atoms with Gasteiger partial charge in [0.15, 0.2) is 17.3 Å². The average molecular weight is 530 g/mol. The molecule has 0 bridgehead atoms. The highest BCUT2D eigenvalue weighted by molar-refractivity contribution is 6.32. The highest BCUT2D eigenvalue weighted by Gasteiger charge is 2.71. The van der Waals surface area contributed by atoms with E-state index >= 15 is 0 Å². The topological polar surface area (TPSA) is 63.7 Å². The maximum Gasteiger partial charge on any atom is 0.186 e. The van der Waals surface area contributed by atoms with Gasteiger partial charge in [0, 0.05) is 28.3 Å². The molecule has 4 aromatic carbocycles. The Bertz CT molecular complexity index is 1710. The summed E-state index contributed by atoms with van der Waals surface area (Å²) in [6.07, 6.45) is 3.79. The molecule has 3 atom stereocenters. The Morgan fingerprint density at radius 1 is 0.850 bits per heavy atom. The van der Waals surface area contributed by atoms with Crippen LogP contribution in [0.5, 0.6) is 5.75 Å². The molecule has 1 aliphatic carbocycles. The summed E-state index contributed by atoms with van der Waals surface area (Å²) in [6, 6.07) is 25.5. The zero-order valence-corrected chi connectivity index (χ0v) is 21.6. The highest BCUT2D eigenvalue weighted by atomic mass is 19.1. The molecule has 3 aliphatic rings. The first kappa shape index (κ1) is 24.2. The number of Topliss-reactive ketones (excluding diaryl/α,β-unsaturated/α-hetero) is 3. The van der Waals surface area contributed by atoms with Crippen LogP contribution in [0.4, 0.5) is 10.1 Å². The fourth-order valence-electron chi connectivity index (χ4n) is 6.91. The van der Waals surface area contributed by atoms with E-state index < -0.39 is 29.2 Å². The van der Waals surface area contributed by atoms with Gasteiger partial charge in [0.1, 0.15) is 23.0 Å². The number of nitrogens with zero attached hydrogens (tertiary/aromatic N) is 1. The molecule has 2 aliphatic heterocycles. The number of halogens is 1. The van der Waals surface area contributed by atoms with Crippen molar-refractivity contribution in [1.29, 1.82) is 0 Å². The number of anilines is 1. The number of hydrogen-bond acceptors (Lipinski definition) is 5. The third kappa shape index (κ3) is 3.16. The molecule has 7 rings (SSSR count). The molecule has 1 fully saturated rings. The predicted octanol–water partition coefficient (Wildman–Crippen LogP) is 6.15. The van der Waals surface area contributed by atoms with Gasteiger partial charge in [-0.3, -0.25) is 14.4 Å². The Hall–Kier alpha value is -4.84. The molecule has 4 aromatic rings. The van der Waals surface area contributed by atoms with Crippen LogP contribution in [0.2, 0.25) is 0 Å². The first-order valence-corrected chi connectivity index (χ1v) is 13.1. The second kappa shape index (κ2) is 8.85. The lowest BCUT2D eigenvalue weighted by atomic mass is 9.64. The SMILES string of the molecule is COc1cccc(C(=O)[C@@H]2[C@@H](c3ccc(F)cc3)C3(C(=O)c4ccccc4C3=O)[C@@H]3C=Cc4ccccc4N23)c1. The first-order valence-electron chi connectivity index (χ1n) is 13.1. The zero-order valence-electron chi connectivity index (χ0n) is 21.6. The van der Waals surface area contributed by atoms with Crippen LogP contribution in [-0.2, 0) is 0 Å². The number of benzene rings is 4. The van der Waals surface area contributed by atoms with Gasteiger partial charge >= 0.3 is 0 Å². The Morgan fingerprint density at radius 3 is 2.23 bits per heavy atom. The van der Waals surface area contributed by atoms with Crippen molar-refractivity contribution in [3.8, 4) is 5.75 Å². The molecular formula is C34H24FNO4. The Morgan fingerprint density at radius 2 is 1.52 bits per heavy atom. The lowest BCUT2D eigenvalue weighted by Gasteiger charge is -2.37. The van der Waals surface area contributed by atoms with E-state index in [9.17, 15) is 18.8 Å². The molecule has 2 heterocycles. The normalized spacial score (nSPS) is 21.8. The van der Waals surface area contributed by atoms with E-state index in [1.54, 1.807) is 60.7 Å². The molecule has 196 valence electrons. The minimum Gasteiger partial charge on any atom is -0.497 e. The molecule has 0 amide bonds. The van der Waals surface area contributed by atoms with Crippen LogP contribution in [0.3, 0.4) is 0 Å². The Labute approximate surface area is 230 Å². The highest BCUT2D eigenvalue weighted by Crippen LogP contribution is 2.61. The molecular weight excluding hydrogens is 505 g/mol. The van der Waals surface area contributed by atoms with Gasteiger partial charge in [-0.25, -0.2) is 4.39 Å². The third-order valence-corrected chi connectivity index (χ3v) is 8.56. The number of carbonyl (C=O) groups is 3. The number of rotatable bonds is 4. The van der Waals surface area contributed by atoms with Crippen molar-refractivity contribution in [3.05, 3.63) is 137 Å². The summed E-state index contributed by atoms with van der Waals surface area (Å²) in [5, 5.41) is 0. The smallest absolute Gasteiger partial charge is 0.186 e. The van der Waals surface area contributed by atoms with E-state index in [0.717, 1.165) is 11.3 Å². The number of methoxy groups -OCH3 is 1. The molecule has 40 heavy (non-hydrogen) atoms. The fraction of sp³-hybridized carbons (Fsp3) is 0.147.